The third-order valence-corrected chi connectivity index (χ3v) is 2.81. The summed E-state index contributed by atoms with van der Waals surface area (Å²) in [6, 6.07) is 0. The van der Waals surface area contributed by atoms with E-state index in [0.717, 1.165) is 31.8 Å². The van der Waals surface area contributed by atoms with Crippen molar-refractivity contribution in [1.29, 1.82) is 0 Å². The fourth-order valence-corrected chi connectivity index (χ4v) is 1.96. The third-order valence-electron chi connectivity index (χ3n) is 2.81. The number of nitrogens with zero attached hydrogens (tertiary/aromatic N) is 3. The van der Waals surface area contributed by atoms with Crippen molar-refractivity contribution in [2.24, 2.45) is 11.0 Å². The van der Waals surface area contributed by atoms with E-state index in [0.29, 0.717) is 0 Å². The maximum atomic E-state index is 13.3. The molecule has 1 aliphatic rings. The zero-order chi connectivity index (χ0) is 11.1. The molecule has 1 atom stereocenters. The summed E-state index contributed by atoms with van der Waals surface area (Å²) in [6.07, 6.45) is 5.19. The van der Waals surface area contributed by atoms with Crippen molar-refractivity contribution >= 4 is 0 Å². The Labute approximate surface area is 88.4 Å². The predicted molar refractivity (Wildman–Crippen MR) is 55.8 cm³/mol. The zero-order valence-electron chi connectivity index (χ0n) is 8.64. The van der Waals surface area contributed by atoms with Crippen LogP contribution in [0.5, 0.6) is 0 Å². The first-order valence-corrected chi connectivity index (χ1v) is 5.30. The lowest BCUT2D eigenvalue weighted by Crippen LogP contribution is -2.23. The van der Waals surface area contributed by atoms with Crippen LogP contribution in [-0.2, 0) is 0 Å². The van der Waals surface area contributed by atoms with Crippen molar-refractivity contribution in [3.63, 3.8) is 0 Å². The predicted octanol–water partition coefficient (Wildman–Crippen LogP) is 3.09. The van der Waals surface area contributed by atoms with E-state index in [1.165, 1.54) is 6.42 Å². The van der Waals surface area contributed by atoms with E-state index in [9.17, 15) is 9.50 Å². The lowest BCUT2D eigenvalue weighted by molar-refractivity contribution is 0.0949. The number of hydrogen-bond donors (Lipinski definition) is 1. The number of hydrogen-bond acceptors (Lipinski definition) is 2. The fraction of sp³-hybridized carbons (Fsp3) is 0.800. The molecule has 1 aliphatic carbocycles. The normalized spacial score (nSPS) is 20.8. The Kier molecular flexibility index (Phi) is 5.15. The molecular weight excluding hydrogens is 197 g/mol. The molecule has 0 heterocycles. The fourth-order valence-electron chi connectivity index (χ4n) is 1.96. The molecule has 1 fully saturated rings. The first-order valence-electron chi connectivity index (χ1n) is 5.30. The standard InChI is InChI=1S/C10H16FN3O/c11-9(6-7-13-14-12)10(15)8-4-2-1-3-5-8/h6,8,10,15H,1-5,7H2/b9-6-. The van der Waals surface area contributed by atoms with Crippen molar-refractivity contribution in [3.8, 4) is 0 Å². The molecular formula is C10H16FN3O. The van der Waals surface area contributed by atoms with Gasteiger partial charge in [0.1, 0.15) is 11.9 Å². The van der Waals surface area contributed by atoms with Gasteiger partial charge in [0.2, 0.25) is 0 Å². The second-order valence-electron chi connectivity index (χ2n) is 3.85. The lowest BCUT2D eigenvalue weighted by Gasteiger charge is -2.25. The van der Waals surface area contributed by atoms with Gasteiger partial charge in [0.05, 0.1) is 0 Å². The van der Waals surface area contributed by atoms with Crippen molar-refractivity contribution < 1.29 is 9.50 Å². The molecule has 0 radical (unpaired) electrons. The van der Waals surface area contributed by atoms with E-state index in [1.807, 2.05) is 0 Å². The minimum Gasteiger partial charge on any atom is -0.386 e. The molecule has 0 amide bonds. The van der Waals surface area contributed by atoms with Gasteiger partial charge in [-0.15, -0.1) is 0 Å². The van der Waals surface area contributed by atoms with E-state index >= 15 is 0 Å². The summed E-state index contributed by atoms with van der Waals surface area (Å²) in [6.45, 7) is -0.0356. The summed E-state index contributed by atoms with van der Waals surface area (Å²) in [5, 5.41) is 12.9. The maximum Gasteiger partial charge on any atom is 0.125 e. The number of halogens is 1. The van der Waals surface area contributed by atoms with E-state index in [2.05, 4.69) is 10.0 Å². The van der Waals surface area contributed by atoms with Gasteiger partial charge in [-0.25, -0.2) is 4.39 Å². The number of aliphatic hydroxyl groups excluding tert-OH is 1. The van der Waals surface area contributed by atoms with Gasteiger partial charge < -0.3 is 5.11 Å². The van der Waals surface area contributed by atoms with Crippen molar-refractivity contribution in [1.82, 2.24) is 0 Å². The number of azide groups is 1. The van der Waals surface area contributed by atoms with Crippen LogP contribution in [0, 0.1) is 5.92 Å². The van der Waals surface area contributed by atoms with E-state index in [4.69, 9.17) is 5.53 Å². The van der Waals surface area contributed by atoms with Gasteiger partial charge in [0.25, 0.3) is 0 Å². The first-order chi connectivity index (χ1) is 7.25. The van der Waals surface area contributed by atoms with Crippen LogP contribution in [0.3, 0.4) is 0 Å². The molecule has 0 spiro atoms. The number of rotatable bonds is 4. The third kappa shape index (κ3) is 3.90. The quantitative estimate of drug-likeness (QED) is 0.435. The van der Waals surface area contributed by atoms with Crippen LogP contribution >= 0.6 is 0 Å². The van der Waals surface area contributed by atoms with Crippen LogP contribution < -0.4 is 0 Å². The topological polar surface area (TPSA) is 69.0 Å². The van der Waals surface area contributed by atoms with Gasteiger partial charge in [-0.2, -0.15) is 0 Å². The van der Waals surface area contributed by atoms with Crippen molar-refractivity contribution in [2.75, 3.05) is 6.54 Å². The van der Waals surface area contributed by atoms with Crippen LogP contribution in [0.2, 0.25) is 0 Å². The molecule has 0 aromatic carbocycles. The van der Waals surface area contributed by atoms with Crippen LogP contribution in [0.15, 0.2) is 17.0 Å². The van der Waals surface area contributed by atoms with Crippen LogP contribution in [0.4, 0.5) is 4.39 Å². The SMILES string of the molecule is [N-]=[N+]=NC/C=C(\F)C(O)C1CCCCC1. The Bertz CT molecular complexity index is 268. The summed E-state index contributed by atoms with van der Waals surface area (Å²) in [7, 11) is 0. The van der Waals surface area contributed by atoms with Gasteiger partial charge in [-0.3, -0.25) is 0 Å². The Morgan fingerprint density at radius 1 is 1.53 bits per heavy atom. The van der Waals surface area contributed by atoms with E-state index in [1.54, 1.807) is 0 Å². The highest BCUT2D eigenvalue weighted by Gasteiger charge is 2.24. The van der Waals surface area contributed by atoms with Gasteiger partial charge in [-0.1, -0.05) is 24.4 Å². The molecule has 0 aliphatic heterocycles. The molecule has 15 heavy (non-hydrogen) atoms. The second kappa shape index (κ2) is 6.43. The van der Waals surface area contributed by atoms with Gasteiger partial charge in [0.15, 0.2) is 0 Å². The van der Waals surface area contributed by atoms with Crippen molar-refractivity contribution in [3.05, 3.63) is 22.3 Å². The molecule has 0 aromatic rings. The minimum absolute atomic E-state index is 0.0288. The number of aliphatic hydroxyl groups is 1. The highest BCUT2D eigenvalue weighted by molar-refractivity contribution is 5.02. The summed E-state index contributed by atoms with van der Waals surface area (Å²) < 4.78 is 13.3. The van der Waals surface area contributed by atoms with Gasteiger partial charge in [-0.05, 0) is 30.4 Å². The van der Waals surface area contributed by atoms with Crippen molar-refractivity contribution in [2.45, 2.75) is 38.2 Å². The average Bonchev–Trinajstić information content (AvgIpc) is 2.29. The molecule has 0 aromatic heterocycles. The Morgan fingerprint density at radius 3 is 2.80 bits per heavy atom. The molecule has 1 rings (SSSR count). The van der Waals surface area contributed by atoms with E-state index < -0.39 is 11.9 Å². The Morgan fingerprint density at radius 2 is 2.20 bits per heavy atom. The molecule has 5 heteroatoms. The van der Waals surface area contributed by atoms with Crippen LogP contribution in [0.25, 0.3) is 10.4 Å². The highest BCUT2D eigenvalue weighted by atomic mass is 19.1. The summed E-state index contributed by atoms with van der Waals surface area (Å²) in [5.74, 6) is -0.532. The van der Waals surface area contributed by atoms with Crippen LogP contribution in [0.1, 0.15) is 32.1 Å². The van der Waals surface area contributed by atoms with Gasteiger partial charge in [0, 0.05) is 11.5 Å². The van der Waals surface area contributed by atoms with E-state index in [-0.39, 0.29) is 12.5 Å². The minimum atomic E-state index is -1.01. The Hall–Kier alpha value is -1.06. The smallest absolute Gasteiger partial charge is 0.125 e. The second-order valence-corrected chi connectivity index (χ2v) is 3.85. The lowest BCUT2D eigenvalue weighted by atomic mass is 9.85. The molecule has 1 saturated carbocycles. The molecule has 84 valence electrons. The maximum absolute atomic E-state index is 13.3. The summed E-state index contributed by atoms with van der Waals surface area (Å²) in [4.78, 5) is 2.51. The van der Waals surface area contributed by atoms with Gasteiger partial charge >= 0.3 is 0 Å². The summed E-state index contributed by atoms with van der Waals surface area (Å²) >= 11 is 0. The zero-order valence-corrected chi connectivity index (χ0v) is 8.64. The molecule has 4 nitrogen and oxygen atoms in total. The first kappa shape index (κ1) is 12.0. The average molecular weight is 213 g/mol. The Balaban J connectivity index is 2.46. The monoisotopic (exact) mass is 213 g/mol. The molecule has 0 bridgehead atoms. The summed E-state index contributed by atoms with van der Waals surface area (Å²) in [5.41, 5.74) is 8.01. The largest absolute Gasteiger partial charge is 0.386 e. The molecule has 1 unspecified atom stereocenters. The molecule has 1 N–H and O–H groups in total. The van der Waals surface area contributed by atoms with Crippen LogP contribution in [-0.4, -0.2) is 17.8 Å². The highest BCUT2D eigenvalue weighted by Crippen LogP contribution is 2.29. The molecule has 0 saturated heterocycles.